The molecule has 2 unspecified atom stereocenters. The smallest absolute Gasteiger partial charge is 0.248 e. The highest BCUT2D eigenvalue weighted by atomic mass is 35.5. The van der Waals surface area contributed by atoms with Crippen LogP contribution in [0.25, 0.3) is 0 Å². The molecule has 0 radical (unpaired) electrons. The van der Waals surface area contributed by atoms with Gasteiger partial charge in [0.05, 0.1) is 39.9 Å². The van der Waals surface area contributed by atoms with Gasteiger partial charge in [0.15, 0.2) is 0 Å². The molecular formula is C32H32ClN3O4S. The largest absolute Gasteiger partial charge is 0.394 e. The maximum absolute atomic E-state index is 14.5. The van der Waals surface area contributed by atoms with Crippen LogP contribution in [0.4, 0.5) is 11.4 Å². The van der Waals surface area contributed by atoms with Crippen molar-refractivity contribution in [1.82, 2.24) is 4.90 Å². The zero-order valence-corrected chi connectivity index (χ0v) is 24.2. The van der Waals surface area contributed by atoms with Crippen LogP contribution in [0.5, 0.6) is 0 Å². The molecule has 3 heterocycles. The van der Waals surface area contributed by atoms with Crippen molar-refractivity contribution in [3.05, 3.63) is 95.5 Å². The van der Waals surface area contributed by atoms with E-state index >= 15 is 0 Å². The number of rotatable bonds is 8. The number of benzene rings is 3. The average Bonchev–Trinajstić information content (AvgIpc) is 3.54. The van der Waals surface area contributed by atoms with Crippen LogP contribution in [0.2, 0.25) is 5.02 Å². The molecule has 0 saturated carbocycles. The highest BCUT2D eigenvalue weighted by Crippen LogP contribution is 2.71. The lowest BCUT2D eigenvalue weighted by atomic mass is 9.66. The van der Waals surface area contributed by atoms with E-state index in [1.54, 1.807) is 40.9 Å². The van der Waals surface area contributed by atoms with E-state index in [-0.39, 0.29) is 24.3 Å². The molecule has 9 heteroatoms. The van der Waals surface area contributed by atoms with Crippen molar-refractivity contribution in [2.45, 2.75) is 47.8 Å². The van der Waals surface area contributed by atoms with Crippen molar-refractivity contribution in [3.63, 3.8) is 0 Å². The number of carbonyl (C=O) groups excluding carboxylic acids is 3. The fourth-order valence-corrected chi connectivity index (χ4v) is 9.63. The van der Waals surface area contributed by atoms with Gasteiger partial charge in [-0.15, -0.1) is 11.8 Å². The Morgan fingerprint density at radius 2 is 1.63 bits per heavy atom. The van der Waals surface area contributed by atoms with Crippen LogP contribution in [-0.4, -0.2) is 55.9 Å². The topological polar surface area (TPSA) is 98.7 Å². The molecule has 212 valence electrons. The number of anilines is 2. The Balaban J connectivity index is 1.40. The SMILES string of the molecule is C[C@@]12CCC3(S1)C(C(=O)Nc1ccccc1Cl)N([C@@H](CO)Cc1ccccc1)C(=O)[C@@H]3[C@@H]2C(=O)Nc1ccccc1. The predicted molar refractivity (Wildman–Crippen MR) is 162 cm³/mol. The number of aliphatic hydroxyl groups excluding tert-OH is 1. The molecule has 2 bridgehead atoms. The summed E-state index contributed by atoms with van der Waals surface area (Å²) in [6, 6.07) is 24.3. The van der Waals surface area contributed by atoms with E-state index in [1.165, 1.54) is 0 Å². The second kappa shape index (κ2) is 10.8. The number of amides is 3. The lowest BCUT2D eigenvalue weighted by Gasteiger charge is -2.37. The van der Waals surface area contributed by atoms with E-state index < -0.39 is 33.4 Å². The molecule has 3 N–H and O–H groups in total. The standard InChI is InChI=1S/C32H32ClN3O4S/c1-31-16-17-32(41-31)26(25(31)28(38)34-21-12-6-3-7-13-21)30(40)36(22(19-37)18-20-10-4-2-5-11-20)27(32)29(39)35-24-15-9-8-14-23(24)33/h2-15,22,25-27,37H,16-19H2,1H3,(H,34,38)(H,35,39)/t22-,25-,26+,27?,31+,32?/m1/s1. The fraction of sp³-hybridized carbons (Fsp3) is 0.344. The van der Waals surface area contributed by atoms with Crippen molar-refractivity contribution >= 4 is 52.5 Å². The third kappa shape index (κ3) is 4.72. The summed E-state index contributed by atoms with van der Waals surface area (Å²) in [6.07, 6.45) is 1.69. The molecule has 3 amide bonds. The van der Waals surface area contributed by atoms with Crippen molar-refractivity contribution in [1.29, 1.82) is 0 Å². The van der Waals surface area contributed by atoms with E-state index in [2.05, 4.69) is 10.6 Å². The van der Waals surface area contributed by atoms with Gasteiger partial charge in [-0.3, -0.25) is 14.4 Å². The second-order valence-electron chi connectivity index (χ2n) is 11.3. The van der Waals surface area contributed by atoms with Crippen LogP contribution in [0, 0.1) is 11.8 Å². The summed E-state index contributed by atoms with van der Waals surface area (Å²) in [5.41, 5.74) is 2.06. The molecule has 6 atom stereocenters. The highest BCUT2D eigenvalue weighted by Gasteiger charge is 2.77. The minimum absolute atomic E-state index is 0.221. The molecule has 3 fully saturated rings. The van der Waals surface area contributed by atoms with Crippen molar-refractivity contribution in [2.75, 3.05) is 17.2 Å². The molecule has 3 aliphatic rings. The molecule has 3 aromatic carbocycles. The average molecular weight is 590 g/mol. The van der Waals surface area contributed by atoms with Crippen LogP contribution in [0.1, 0.15) is 25.3 Å². The zero-order chi connectivity index (χ0) is 28.8. The number of aliphatic hydroxyl groups is 1. The molecule has 41 heavy (non-hydrogen) atoms. The number of carbonyl (C=O) groups is 3. The Labute approximate surface area is 248 Å². The number of thioether (sulfide) groups is 1. The monoisotopic (exact) mass is 589 g/mol. The van der Waals surface area contributed by atoms with Gasteiger partial charge in [-0.05, 0) is 56.0 Å². The van der Waals surface area contributed by atoms with Gasteiger partial charge >= 0.3 is 0 Å². The summed E-state index contributed by atoms with van der Waals surface area (Å²) < 4.78 is -1.33. The minimum atomic E-state index is -0.890. The Hall–Kier alpha value is -3.33. The Morgan fingerprint density at radius 1 is 0.976 bits per heavy atom. The summed E-state index contributed by atoms with van der Waals surface area (Å²) in [6.45, 7) is 1.72. The maximum Gasteiger partial charge on any atom is 0.248 e. The lowest BCUT2D eigenvalue weighted by Crippen LogP contribution is -2.55. The number of nitrogens with zero attached hydrogens (tertiary/aromatic N) is 1. The molecule has 3 aromatic rings. The van der Waals surface area contributed by atoms with Gasteiger partial charge in [0.25, 0.3) is 0 Å². The first-order valence-corrected chi connectivity index (χ1v) is 15.1. The van der Waals surface area contributed by atoms with Crippen LogP contribution >= 0.6 is 23.4 Å². The number of halogens is 1. The first-order chi connectivity index (χ1) is 19.8. The third-order valence-corrected chi connectivity index (χ3v) is 11.2. The normalized spacial score (nSPS) is 28.8. The maximum atomic E-state index is 14.5. The third-order valence-electron chi connectivity index (χ3n) is 8.84. The van der Waals surface area contributed by atoms with Crippen molar-refractivity contribution in [2.24, 2.45) is 11.8 Å². The summed E-state index contributed by atoms with van der Waals surface area (Å²) in [5, 5.41) is 17.0. The number of hydrogen-bond acceptors (Lipinski definition) is 5. The summed E-state index contributed by atoms with van der Waals surface area (Å²) >= 11 is 7.99. The van der Waals surface area contributed by atoms with Crippen molar-refractivity contribution < 1.29 is 19.5 Å². The molecule has 3 aliphatic heterocycles. The summed E-state index contributed by atoms with van der Waals surface area (Å²) in [5.74, 6) is -2.18. The van der Waals surface area contributed by atoms with Gasteiger partial charge in [0, 0.05) is 10.4 Å². The molecule has 6 rings (SSSR count). The number of para-hydroxylation sites is 2. The molecule has 0 aromatic heterocycles. The van der Waals surface area contributed by atoms with Crippen LogP contribution in [-0.2, 0) is 20.8 Å². The van der Waals surface area contributed by atoms with E-state index in [0.29, 0.717) is 35.7 Å². The minimum Gasteiger partial charge on any atom is -0.394 e. The summed E-state index contributed by atoms with van der Waals surface area (Å²) in [7, 11) is 0. The van der Waals surface area contributed by atoms with Crippen molar-refractivity contribution in [3.8, 4) is 0 Å². The van der Waals surface area contributed by atoms with Gasteiger partial charge in [-0.1, -0.05) is 72.3 Å². The van der Waals surface area contributed by atoms with Crippen LogP contribution < -0.4 is 10.6 Å². The molecule has 1 spiro atoms. The Kier molecular flexibility index (Phi) is 7.34. The number of hydrogen-bond donors (Lipinski definition) is 3. The van der Waals surface area contributed by atoms with Gasteiger partial charge < -0.3 is 20.6 Å². The van der Waals surface area contributed by atoms with Gasteiger partial charge in [0.2, 0.25) is 17.7 Å². The van der Waals surface area contributed by atoms with E-state index in [0.717, 1.165) is 5.56 Å². The molecule has 0 aliphatic carbocycles. The highest BCUT2D eigenvalue weighted by molar-refractivity contribution is 8.02. The fourth-order valence-electron chi connectivity index (χ4n) is 7.10. The summed E-state index contributed by atoms with van der Waals surface area (Å²) in [4.78, 5) is 44.2. The first-order valence-electron chi connectivity index (χ1n) is 13.9. The first kappa shape index (κ1) is 27.8. The van der Waals surface area contributed by atoms with E-state index in [9.17, 15) is 19.5 Å². The van der Waals surface area contributed by atoms with Crippen LogP contribution in [0.3, 0.4) is 0 Å². The molecule has 3 saturated heterocycles. The van der Waals surface area contributed by atoms with Gasteiger partial charge in [0.1, 0.15) is 6.04 Å². The van der Waals surface area contributed by atoms with Gasteiger partial charge in [-0.2, -0.15) is 0 Å². The second-order valence-corrected chi connectivity index (χ2v) is 13.6. The molecular weight excluding hydrogens is 558 g/mol. The predicted octanol–water partition coefficient (Wildman–Crippen LogP) is 5.00. The zero-order valence-electron chi connectivity index (χ0n) is 22.6. The number of likely N-dealkylation sites (tertiary alicyclic amines) is 1. The van der Waals surface area contributed by atoms with E-state index in [1.807, 2.05) is 67.6 Å². The van der Waals surface area contributed by atoms with Gasteiger partial charge in [-0.25, -0.2) is 0 Å². The Bertz CT molecular complexity index is 1470. The quantitative estimate of drug-likeness (QED) is 0.343. The van der Waals surface area contributed by atoms with Crippen LogP contribution in [0.15, 0.2) is 84.9 Å². The molecule has 7 nitrogen and oxygen atoms in total. The van der Waals surface area contributed by atoms with E-state index in [4.69, 9.17) is 11.6 Å². The number of nitrogens with one attached hydrogen (secondary N) is 2. The Morgan fingerprint density at radius 3 is 2.32 bits per heavy atom. The number of fused-ring (bicyclic) bond motifs is 1. The lowest BCUT2D eigenvalue weighted by molar-refractivity contribution is -0.141.